The molecule has 0 aromatic rings. The standard InChI is InChI=1S/C18H34N4O6/c1-7-9(4)13(18(27)28)21-15(24)10(5)20-17(26)14(11(6)23)22-16(25)12(19)8(2)3/h8-14,23H,7,19H2,1-6H3,(H,20,26)(H,21,24)(H,22,25)(H,27,28). The first-order valence-corrected chi connectivity index (χ1v) is 9.40. The number of aliphatic carboxylic acids is 1. The van der Waals surface area contributed by atoms with Gasteiger partial charge < -0.3 is 31.9 Å². The number of rotatable bonds is 11. The van der Waals surface area contributed by atoms with Gasteiger partial charge in [0.05, 0.1) is 12.1 Å². The maximum absolute atomic E-state index is 12.4. The van der Waals surface area contributed by atoms with Gasteiger partial charge in [-0.25, -0.2) is 4.79 Å². The molecule has 0 aliphatic carbocycles. The summed E-state index contributed by atoms with van der Waals surface area (Å²) in [5.74, 6) is -3.70. The van der Waals surface area contributed by atoms with Crippen LogP contribution in [0.1, 0.15) is 48.0 Å². The summed E-state index contributed by atoms with van der Waals surface area (Å²) < 4.78 is 0. The van der Waals surface area contributed by atoms with Gasteiger partial charge >= 0.3 is 5.97 Å². The first kappa shape index (κ1) is 25.8. The molecule has 0 rings (SSSR count). The number of hydrogen-bond acceptors (Lipinski definition) is 6. The number of aliphatic hydroxyl groups is 1. The lowest BCUT2D eigenvalue weighted by molar-refractivity contribution is -0.143. The largest absolute Gasteiger partial charge is 0.480 e. The third-order valence-electron chi connectivity index (χ3n) is 4.61. The molecule has 6 atom stereocenters. The molecule has 3 amide bonds. The lowest BCUT2D eigenvalue weighted by Gasteiger charge is -2.26. The number of carboxylic acid groups (broad SMARTS) is 1. The number of nitrogens with two attached hydrogens (primary N) is 1. The van der Waals surface area contributed by atoms with Crippen LogP contribution in [0, 0.1) is 11.8 Å². The number of nitrogens with one attached hydrogen (secondary N) is 3. The molecule has 10 nitrogen and oxygen atoms in total. The number of carboxylic acids is 1. The summed E-state index contributed by atoms with van der Waals surface area (Å²) in [5, 5.41) is 26.2. The molecule has 0 aromatic heterocycles. The highest BCUT2D eigenvalue weighted by Crippen LogP contribution is 2.08. The maximum atomic E-state index is 12.4. The Morgan fingerprint density at radius 3 is 1.75 bits per heavy atom. The minimum atomic E-state index is -1.31. The van der Waals surface area contributed by atoms with Gasteiger partial charge in [-0.2, -0.15) is 0 Å². The molecule has 0 aliphatic heterocycles. The van der Waals surface area contributed by atoms with E-state index in [1.165, 1.54) is 13.8 Å². The van der Waals surface area contributed by atoms with E-state index < -0.39 is 54.0 Å². The van der Waals surface area contributed by atoms with Crippen LogP contribution in [0.5, 0.6) is 0 Å². The summed E-state index contributed by atoms with van der Waals surface area (Å²) in [5.41, 5.74) is 5.74. The van der Waals surface area contributed by atoms with Gasteiger partial charge in [-0.15, -0.1) is 0 Å². The molecule has 28 heavy (non-hydrogen) atoms. The summed E-state index contributed by atoms with van der Waals surface area (Å²) in [6, 6.07) is -4.33. The van der Waals surface area contributed by atoms with Crippen LogP contribution in [0.25, 0.3) is 0 Å². The molecule has 162 valence electrons. The van der Waals surface area contributed by atoms with Gasteiger partial charge in [0.2, 0.25) is 17.7 Å². The predicted molar refractivity (Wildman–Crippen MR) is 103 cm³/mol. The highest BCUT2D eigenvalue weighted by Gasteiger charge is 2.32. The normalized spacial score (nSPS) is 17.6. The van der Waals surface area contributed by atoms with E-state index in [2.05, 4.69) is 16.0 Å². The minimum Gasteiger partial charge on any atom is -0.480 e. The van der Waals surface area contributed by atoms with E-state index in [1.54, 1.807) is 27.7 Å². The predicted octanol–water partition coefficient (Wildman–Crippen LogP) is -1.04. The molecule has 0 radical (unpaired) electrons. The lowest BCUT2D eigenvalue weighted by atomic mass is 9.99. The first-order chi connectivity index (χ1) is 12.8. The highest BCUT2D eigenvalue weighted by atomic mass is 16.4. The van der Waals surface area contributed by atoms with Crippen LogP contribution in [0.15, 0.2) is 0 Å². The van der Waals surface area contributed by atoms with Gasteiger partial charge in [0.25, 0.3) is 0 Å². The van der Waals surface area contributed by atoms with Gasteiger partial charge in [-0.05, 0) is 25.7 Å². The molecule has 0 saturated carbocycles. The molecule has 0 heterocycles. The van der Waals surface area contributed by atoms with Crippen molar-refractivity contribution in [2.45, 2.75) is 78.2 Å². The highest BCUT2D eigenvalue weighted by molar-refractivity contribution is 5.94. The fourth-order valence-corrected chi connectivity index (χ4v) is 2.29. The van der Waals surface area contributed by atoms with E-state index in [1.807, 2.05) is 0 Å². The van der Waals surface area contributed by atoms with Crippen molar-refractivity contribution in [1.29, 1.82) is 0 Å². The van der Waals surface area contributed by atoms with Crippen LogP contribution in [-0.4, -0.2) is 64.2 Å². The molecule has 7 N–H and O–H groups in total. The SMILES string of the molecule is CCC(C)C(NC(=O)C(C)NC(=O)C(NC(=O)C(N)C(C)C)C(C)O)C(=O)O. The van der Waals surface area contributed by atoms with Crippen molar-refractivity contribution in [1.82, 2.24) is 16.0 Å². The molecule has 0 aromatic carbocycles. The molecule has 0 fully saturated rings. The van der Waals surface area contributed by atoms with Gasteiger partial charge in [0.1, 0.15) is 18.1 Å². The fraction of sp³-hybridized carbons (Fsp3) is 0.778. The Hall–Kier alpha value is -2.20. The fourth-order valence-electron chi connectivity index (χ4n) is 2.29. The van der Waals surface area contributed by atoms with Crippen LogP contribution in [0.4, 0.5) is 0 Å². The second kappa shape index (κ2) is 11.6. The van der Waals surface area contributed by atoms with Crippen molar-refractivity contribution in [3.05, 3.63) is 0 Å². The molecule has 0 saturated heterocycles. The zero-order chi connectivity index (χ0) is 22.2. The van der Waals surface area contributed by atoms with Crippen molar-refractivity contribution < 1.29 is 29.4 Å². The Labute approximate surface area is 165 Å². The molecule has 0 aliphatic rings. The van der Waals surface area contributed by atoms with Gasteiger partial charge in [-0.3, -0.25) is 14.4 Å². The van der Waals surface area contributed by atoms with Gasteiger partial charge in [0.15, 0.2) is 0 Å². The Morgan fingerprint density at radius 2 is 1.36 bits per heavy atom. The van der Waals surface area contributed by atoms with E-state index in [-0.39, 0.29) is 11.8 Å². The monoisotopic (exact) mass is 402 g/mol. The Bertz CT molecular complexity index is 566. The number of carbonyl (C=O) groups is 4. The van der Waals surface area contributed by atoms with Crippen LogP contribution < -0.4 is 21.7 Å². The van der Waals surface area contributed by atoms with Crippen LogP contribution >= 0.6 is 0 Å². The van der Waals surface area contributed by atoms with Gasteiger partial charge in [-0.1, -0.05) is 34.1 Å². The third-order valence-corrected chi connectivity index (χ3v) is 4.61. The quantitative estimate of drug-likeness (QED) is 0.256. The van der Waals surface area contributed by atoms with E-state index >= 15 is 0 Å². The third kappa shape index (κ3) is 7.81. The van der Waals surface area contributed by atoms with Crippen LogP contribution in [0.3, 0.4) is 0 Å². The average molecular weight is 402 g/mol. The van der Waals surface area contributed by atoms with E-state index in [0.29, 0.717) is 6.42 Å². The average Bonchev–Trinajstić information content (AvgIpc) is 2.61. The summed E-state index contributed by atoms with van der Waals surface area (Å²) >= 11 is 0. The lowest BCUT2D eigenvalue weighted by Crippen LogP contribution is -2.59. The topological polar surface area (TPSA) is 171 Å². The maximum Gasteiger partial charge on any atom is 0.326 e. The summed E-state index contributed by atoms with van der Waals surface area (Å²) in [6.07, 6.45) is -0.685. The minimum absolute atomic E-state index is 0.170. The van der Waals surface area contributed by atoms with Crippen LogP contribution in [0.2, 0.25) is 0 Å². The Balaban J connectivity index is 5.04. The van der Waals surface area contributed by atoms with Crippen molar-refractivity contribution in [3.8, 4) is 0 Å². The molecule has 0 bridgehead atoms. The molecular weight excluding hydrogens is 368 g/mol. The Morgan fingerprint density at radius 1 is 0.857 bits per heavy atom. The van der Waals surface area contributed by atoms with E-state index in [9.17, 15) is 29.4 Å². The van der Waals surface area contributed by atoms with Crippen LogP contribution in [-0.2, 0) is 19.2 Å². The number of amides is 3. The van der Waals surface area contributed by atoms with Gasteiger partial charge in [0, 0.05) is 0 Å². The Kier molecular flexibility index (Phi) is 10.7. The number of aliphatic hydroxyl groups excluding tert-OH is 1. The van der Waals surface area contributed by atoms with E-state index in [0.717, 1.165) is 0 Å². The second-order valence-corrected chi connectivity index (χ2v) is 7.44. The summed E-state index contributed by atoms with van der Waals surface area (Å²) in [6.45, 7) is 9.67. The van der Waals surface area contributed by atoms with Crippen molar-refractivity contribution >= 4 is 23.7 Å². The van der Waals surface area contributed by atoms with E-state index in [4.69, 9.17) is 5.73 Å². The summed E-state index contributed by atoms with van der Waals surface area (Å²) in [4.78, 5) is 48.1. The molecule has 10 heteroatoms. The van der Waals surface area contributed by atoms with Crippen molar-refractivity contribution in [3.63, 3.8) is 0 Å². The zero-order valence-corrected chi connectivity index (χ0v) is 17.4. The first-order valence-electron chi connectivity index (χ1n) is 9.40. The van der Waals surface area contributed by atoms with Crippen molar-refractivity contribution in [2.24, 2.45) is 17.6 Å². The zero-order valence-electron chi connectivity index (χ0n) is 17.4. The molecular formula is C18H34N4O6. The second-order valence-electron chi connectivity index (χ2n) is 7.44. The molecule has 6 unspecified atom stereocenters. The number of carbonyl (C=O) groups excluding carboxylic acids is 3. The number of hydrogen-bond donors (Lipinski definition) is 6. The smallest absolute Gasteiger partial charge is 0.326 e. The summed E-state index contributed by atoms with van der Waals surface area (Å²) in [7, 11) is 0. The van der Waals surface area contributed by atoms with Crippen molar-refractivity contribution in [2.75, 3.05) is 0 Å². The molecule has 0 spiro atoms.